The van der Waals surface area contributed by atoms with E-state index in [0.29, 0.717) is 0 Å². The van der Waals surface area contributed by atoms with Crippen molar-refractivity contribution in [1.82, 2.24) is 15.1 Å². The summed E-state index contributed by atoms with van der Waals surface area (Å²) in [6.45, 7) is 3.28. The van der Waals surface area contributed by atoms with Gasteiger partial charge in [-0.15, -0.1) is 0 Å². The van der Waals surface area contributed by atoms with Crippen LogP contribution in [0.25, 0.3) is 0 Å². The van der Waals surface area contributed by atoms with Gasteiger partial charge < -0.3 is 19.9 Å². The third kappa shape index (κ3) is 4.73. The lowest BCUT2D eigenvalue weighted by molar-refractivity contribution is -0.134. The monoisotopic (exact) mass is 305 g/mol. The summed E-state index contributed by atoms with van der Waals surface area (Å²) in [7, 11) is 3.64. The lowest BCUT2D eigenvalue weighted by atomic mass is 10.1. The van der Waals surface area contributed by atoms with Gasteiger partial charge in [-0.05, 0) is 24.7 Å². The molecular formula is C16H23N3O3. The number of ether oxygens (including phenoxy) is 1. The first-order chi connectivity index (χ1) is 10.6. The Bertz CT molecular complexity index is 508. The highest BCUT2D eigenvalue weighted by molar-refractivity contribution is 5.85. The molecule has 1 aromatic rings. The Balaban J connectivity index is 1.73. The fraction of sp³-hybridized carbons (Fsp3) is 0.500. The number of nitrogens with zero attached hydrogens (tertiary/aromatic N) is 2. The summed E-state index contributed by atoms with van der Waals surface area (Å²) in [4.78, 5) is 27.9. The van der Waals surface area contributed by atoms with Crippen LogP contribution in [0.5, 0.6) is 5.75 Å². The van der Waals surface area contributed by atoms with Crippen molar-refractivity contribution in [2.75, 3.05) is 46.9 Å². The van der Waals surface area contributed by atoms with Gasteiger partial charge in [0.05, 0.1) is 20.1 Å². The summed E-state index contributed by atoms with van der Waals surface area (Å²) in [5.41, 5.74) is 0.894. The van der Waals surface area contributed by atoms with E-state index in [1.54, 1.807) is 12.0 Å². The zero-order valence-corrected chi connectivity index (χ0v) is 13.2. The standard InChI is InChI=1S/C16H23N3O3/c1-18-7-9-19(10-8-18)16(21)12-17-15(20)11-13-3-5-14(22-2)6-4-13/h3-6H,7-12H2,1-2H3,(H,17,20). The molecule has 6 nitrogen and oxygen atoms in total. The van der Waals surface area contributed by atoms with Crippen LogP contribution in [0.4, 0.5) is 0 Å². The van der Waals surface area contributed by atoms with E-state index in [1.807, 2.05) is 31.3 Å². The average molecular weight is 305 g/mol. The van der Waals surface area contributed by atoms with Crippen LogP contribution in [0.1, 0.15) is 5.56 Å². The quantitative estimate of drug-likeness (QED) is 0.840. The minimum Gasteiger partial charge on any atom is -0.497 e. The molecule has 1 heterocycles. The Morgan fingerprint density at radius 3 is 2.36 bits per heavy atom. The number of nitrogens with one attached hydrogen (secondary N) is 1. The van der Waals surface area contributed by atoms with E-state index in [1.165, 1.54) is 0 Å². The number of hydrogen-bond acceptors (Lipinski definition) is 4. The van der Waals surface area contributed by atoms with Crippen molar-refractivity contribution in [3.8, 4) is 5.75 Å². The van der Waals surface area contributed by atoms with Gasteiger partial charge in [-0.2, -0.15) is 0 Å². The van der Waals surface area contributed by atoms with E-state index in [0.717, 1.165) is 37.5 Å². The van der Waals surface area contributed by atoms with E-state index in [2.05, 4.69) is 10.2 Å². The molecule has 1 aromatic carbocycles. The molecule has 6 heteroatoms. The predicted octanol–water partition coefficient (Wildman–Crippen LogP) is 0.128. The van der Waals surface area contributed by atoms with Crippen LogP contribution in [0, 0.1) is 0 Å². The van der Waals surface area contributed by atoms with Crippen LogP contribution in [0.15, 0.2) is 24.3 Å². The maximum atomic E-state index is 12.0. The summed E-state index contributed by atoms with van der Waals surface area (Å²) in [5, 5.41) is 2.69. The van der Waals surface area contributed by atoms with Crippen LogP contribution < -0.4 is 10.1 Å². The predicted molar refractivity (Wildman–Crippen MR) is 83.8 cm³/mol. The van der Waals surface area contributed by atoms with Gasteiger partial charge in [0.1, 0.15) is 5.75 Å². The number of likely N-dealkylation sites (N-methyl/N-ethyl adjacent to an activating group) is 1. The summed E-state index contributed by atoms with van der Waals surface area (Å²) >= 11 is 0. The normalized spacial score (nSPS) is 15.5. The van der Waals surface area contributed by atoms with Crippen molar-refractivity contribution in [3.05, 3.63) is 29.8 Å². The van der Waals surface area contributed by atoms with Crippen LogP contribution in [-0.2, 0) is 16.0 Å². The molecule has 2 rings (SSSR count). The number of carbonyl (C=O) groups excluding carboxylic acids is 2. The second kappa shape index (κ2) is 7.79. The van der Waals surface area contributed by atoms with Crippen molar-refractivity contribution in [1.29, 1.82) is 0 Å². The molecule has 0 aromatic heterocycles. The first-order valence-corrected chi connectivity index (χ1v) is 7.44. The third-order valence-electron chi connectivity index (χ3n) is 3.82. The van der Waals surface area contributed by atoms with Crippen molar-refractivity contribution in [2.24, 2.45) is 0 Å². The Hall–Kier alpha value is -2.08. The van der Waals surface area contributed by atoms with Gasteiger partial charge >= 0.3 is 0 Å². The lowest BCUT2D eigenvalue weighted by Crippen LogP contribution is -2.50. The third-order valence-corrected chi connectivity index (χ3v) is 3.82. The zero-order valence-electron chi connectivity index (χ0n) is 13.2. The molecule has 1 aliphatic heterocycles. The van der Waals surface area contributed by atoms with Gasteiger partial charge in [0.2, 0.25) is 11.8 Å². The second-order valence-corrected chi connectivity index (χ2v) is 5.49. The molecule has 0 spiro atoms. The molecule has 0 radical (unpaired) electrons. The molecule has 1 N–H and O–H groups in total. The van der Waals surface area contributed by atoms with E-state index in [4.69, 9.17) is 4.74 Å². The molecule has 1 saturated heterocycles. The van der Waals surface area contributed by atoms with Gasteiger partial charge in [-0.3, -0.25) is 9.59 Å². The lowest BCUT2D eigenvalue weighted by Gasteiger charge is -2.32. The summed E-state index contributed by atoms with van der Waals surface area (Å²) in [5.74, 6) is 0.596. The Kier molecular flexibility index (Phi) is 5.77. The first kappa shape index (κ1) is 16.3. The highest BCUT2D eigenvalue weighted by Gasteiger charge is 2.19. The Morgan fingerprint density at radius 2 is 1.77 bits per heavy atom. The molecule has 22 heavy (non-hydrogen) atoms. The molecule has 2 amide bonds. The van der Waals surface area contributed by atoms with Gasteiger partial charge in [0.25, 0.3) is 0 Å². The van der Waals surface area contributed by atoms with Gasteiger partial charge in [-0.1, -0.05) is 12.1 Å². The van der Waals surface area contributed by atoms with Crippen LogP contribution >= 0.6 is 0 Å². The van der Waals surface area contributed by atoms with E-state index in [-0.39, 0.29) is 24.8 Å². The molecule has 0 unspecified atom stereocenters. The molecule has 0 bridgehead atoms. The van der Waals surface area contributed by atoms with Crippen molar-refractivity contribution in [3.63, 3.8) is 0 Å². The number of methoxy groups -OCH3 is 1. The number of rotatable bonds is 5. The van der Waals surface area contributed by atoms with Crippen molar-refractivity contribution < 1.29 is 14.3 Å². The second-order valence-electron chi connectivity index (χ2n) is 5.49. The van der Waals surface area contributed by atoms with Gasteiger partial charge in [0, 0.05) is 26.2 Å². The summed E-state index contributed by atoms with van der Waals surface area (Å²) in [6.07, 6.45) is 0.264. The SMILES string of the molecule is COc1ccc(CC(=O)NCC(=O)N2CCN(C)CC2)cc1. The minimum atomic E-state index is -0.146. The number of hydrogen-bond donors (Lipinski definition) is 1. The fourth-order valence-corrected chi connectivity index (χ4v) is 2.33. The molecule has 0 aliphatic carbocycles. The number of carbonyl (C=O) groups is 2. The number of benzene rings is 1. The maximum absolute atomic E-state index is 12.0. The maximum Gasteiger partial charge on any atom is 0.242 e. The fourth-order valence-electron chi connectivity index (χ4n) is 2.33. The summed E-state index contributed by atoms with van der Waals surface area (Å²) < 4.78 is 5.07. The molecule has 1 aliphatic rings. The molecule has 0 saturated carbocycles. The Labute approximate surface area is 131 Å². The topological polar surface area (TPSA) is 61.9 Å². The highest BCUT2D eigenvalue weighted by Crippen LogP contribution is 2.11. The van der Waals surface area contributed by atoms with Crippen molar-refractivity contribution in [2.45, 2.75) is 6.42 Å². The molecule has 0 atom stereocenters. The van der Waals surface area contributed by atoms with Gasteiger partial charge in [0.15, 0.2) is 0 Å². The summed E-state index contributed by atoms with van der Waals surface area (Å²) in [6, 6.07) is 7.33. The van der Waals surface area contributed by atoms with Crippen LogP contribution in [0.2, 0.25) is 0 Å². The molecule has 1 fully saturated rings. The van der Waals surface area contributed by atoms with Crippen LogP contribution in [-0.4, -0.2) is 68.5 Å². The number of amides is 2. The van der Waals surface area contributed by atoms with E-state index < -0.39 is 0 Å². The average Bonchev–Trinajstić information content (AvgIpc) is 2.54. The van der Waals surface area contributed by atoms with E-state index in [9.17, 15) is 9.59 Å². The largest absolute Gasteiger partial charge is 0.497 e. The highest BCUT2D eigenvalue weighted by atomic mass is 16.5. The number of piperazine rings is 1. The van der Waals surface area contributed by atoms with Gasteiger partial charge in [-0.25, -0.2) is 0 Å². The van der Waals surface area contributed by atoms with Crippen LogP contribution in [0.3, 0.4) is 0 Å². The smallest absolute Gasteiger partial charge is 0.242 e. The minimum absolute atomic E-state index is 0.0174. The molecular weight excluding hydrogens is 282 g/mol. The van der Waals surface area contributed by atoms with E-state index >= 15 is 0 Å². The van der Waals surface area contributed by atoms with Crippen molar-refractivity contribution >= 4 is 11.8 Å². The molecule has 120 valence electrons. The first-order valence-electron chi connectivity index (χ1n) is 7.44. The Morgan fingerprint density at radius 1 is 1.14 bits per heavy atom. The zero-order chi connectivity index (χ0) is 15.9.